The van der Waals surface area contributed by atoms with E-state index in [2.05, 4.69) is 54.3 Å². The first-order valence-corrected chi connectivity index (χ1v) is 27.7. The minimum atomic E-state index is -0.271. The second kappa shape index (κ2) is 37.9. The smallest absolute Gasteiger partial charge is 0.315 e. The number of nitrogens with zero attached hydrogens (tertiary/aromatic N) is 4. The molecule has 3 atom stereocenters. The molecule has 6 rings (SSSR count). The van der Waals surface area contributed by atoms with Gasteiger partial charge < -0.3 is 51.3 Å². The summed E-state index contributed by atoms with van der Waals surface area (Å²) < 4.78 is 36.0. The number of hydrogen-bond donors (Lipinski definition) is 6. The Morgan fingerprint density at radius 3 is 2.16 bits per heavy atom. The van der Waals surface area contributed by atoms with Gasteiger partial charge >= 0.3 is 6.03 Å². The van der Waals surface area contributed by atoms with Crippen LogP contribution in [0, 0.1) is 17.1 Å². The molecule has 4 heterocycles. The van der Waals surface area contributed by atoms with Gasteiger partial charge in [-0.3, -0.25) is 34.0 Å². The van der Waals surface area contributed by atoms with Gasteiger partial charge in [0.2, 0.25) is 24.6 Å². The highest BCUT2D eigenvalue weighted by Crippen LogP contribution is 2.33. The normalized spacial score (nSPS) is 16.9. The lowest BCUT2D eigenvalue weighted by molar-refractivity contribution is -0.122. The standard InChI is InChI=1S/C54H76FN9O8S.CH3NO.CH4/c55-47-13-11-43(12-14-47)38-64(25-20-57-40-65)22-15-44-34-46(52(60-36-44)45-16-23-63(24-17-45)37-42-9-7-41(35-56)8-10-42)4-3-19-58-51(67)18-26-69-28-30-71-32-33-72-31-29-70-27-21-59-50(66)6-2-1-5-49-53-48(39-73-49)61-54(68)62-53;2-1-3;/h7-14,34,36,40,45,48-49,53H,1-6,15-33,37-39H2,(H,57,65)(H,58,67)(H,59,66)(H2,61,62,68);1H,(H2,2,3);1H4. The van der Waals surface area contributed by atoms with E-state index in [9.17, 15) is 28.8 Å². The van der Waals surface area contributed by atoms with E-state index in [0.29, 0.717) is 115 Å². The van der Waals surface area contributed by atoms with Gasteiger partial charge in [-0.1, -0.05) is 44.2 Å². The summed E-state index contributed by atoms with van der Waals surface area (Å²) in [4.78, 5) is 65.8. The van der Waals surface area contributed by atoms with Crippen LogP contribution in [-0.4, -0.2) is 167 Å². The van der Waals surface area contributed by atoms with Gasteiger partial charge in [0.05, 0.1) is 76.6 Å². The molecule has 3 aromatic rings. The fraction of sp³-hybridized carbons (Fsp3) is 0.589. The maximum absolute atomic E-state index is 13.6. The zero-order valence-corrected chi connectivity index (χ0v) is 44.7. The number of pyridine rings is 1. The molecular formula is C56H83FN10O9S. The summed E-state index contributed by atoms with van der Waals surface area (Å²) >= 11 is 1.89. The second-order valence-electron chi connectivity index (χ2n) is 19.0. The highest BCUT2D eigenvalue weighted by Gasteiger charge is 2.42. The zero-order chi connectivity index (χ0) is 54.0. The van der Waals surface area contributed by atoms with Crippen molar-refractivity contribution in [1.82, 2.24) is 41.4 Å². The van der Waals surface area contributed by atoms with Crippen LogP contribution >= 0.6 is 11.8 Å². The molecule has 3 saturated heterocycles. The summed E-state index contributed by atoms with van der Waals surface area (Å²) in [7, 11) is 0. The van der Waals surface area contributed by atoms with Gasteiger partial charge in [-0.05, 0) is 105 Å². The fourth-order valence-electron chi connectivity index (χ4n) is 9.42. The second-order valence-corrected chi connectivity index (χ2v) is 20.3. The molecule has 3 unspecified atom stereocenters. The van der Waals surface area contributed by atoms with E-state index in [-0.39, 0.29) is 56.0 Å². The first-order valence-electron chi connectivity index (χ1n) is 26.7. The Labute approximate surface area is 459 Å². The summed E-state index contributed by atoms with van der Waals surface area (Å²) in [5.74, 6) is 0.964. The summed E-state index contributed by atoms with van der Waals surface area (Å²) in [6, 6.07) is 19.2. The number of thioether (sulfide) groups is 1. The van der Waals surface area contributed by atoms with Crippen LogP contribution in [-0.2, 0) is 64.1 Å². The monoisotopic (exact) mass is 1090 g/mol. The Morgan fingerprint density at radius 2 is 1.47 bits per heavy atom. The topological polar surface area (TPSA) is 252 Å². The number of benzene rings is 2. The van der Waals surface area contributed by atoms with Crippen LogP contribution in [0.4, 0.5) is 9.18 Å². The lowest BCUT2D eigenvalue weighted by atomic mass is 9.88. The third-order valence-electron chi connectivity index (χ3n) is 13.4. The molecule has 1 aromatic heterocycles. The van der Waals surface area contributed by atoms with Crippen molar-refractivity contribution in [3.63, 3.8) is 0 Å². The number of nitriles is 1. The quantitative estimate of drug-likeness (QED) is 0.0269. The molecule has 21 heteroatoms. The minimum Gasteiger partial charge on any atom is -0.379 e. The molecule has 3 fully saturated rings. The number of primary amides is 1. The predicted octanol–water partition coefficient (Wildman–Crippen LogP) is 4.35. The number of rotatable bonds is 36. The minimum absolute atomic E-state index is 0. The van der Waals surface area contributed by atoms with Crippen molar-refractivity contribution in [2.45, 2.75) is 108 Å². The highest BCUT2D eigenvalue weighted by atomic mass is 32.2. The molecular weight excluding hydrogens is 1010 g/mol. The number of fused-ring (bicyclic) bond motifs is 1. The van der Waals surface area contributed by atoms with Gasteiger partial charge in [0.1, 0.15) is 5.82 Å². The zero-order valence-electron chi connectivity index (χ0n) is 43.9. The Bertz CT molecular complexity index is 2220. The van der Waals surface area contributed by atoms with E-state index in [1.54, 1.807) is 12.1 Å². The molecule has 77 heavy (non-hydrogen) atoms. The van der Waals surface area contributed by atoms with Crippen molar-refractivity contribution < 1.29 is 47.3 Å². The van der Waals surface area contributed by atoms with E-state index in [1.165, 1.54) is 23.3 Å². The number of unbranched alkanes of at least 4 members (excludes halogenated alkanes) is 1. The molecule has 6 amide bonds. The van der Waals surface area contributed by atoms with E-state index in [4.69, 9.17) is 28.7 Å². The van der Waals surface area contributed by atoms with Crippen molar-refractivity contribution in [2.24, 2.45) is 5.73 Å². The molecule has 3 aliphatic heterocycles. The fourth-order valence-corrected chi connectivity index (χ4v) is 11.0. The number of hydrogen-bond acceptors (Lipinski definition) is 14. The molecule has 0 spiro atoms. The number of piperidine rings is 1. The molecule has 424 valence electrons. The Balaban J connectivity index is 0.00000312. The SMILES string of the molecule is C.N#Cc1ccc(CN2CCC(c3ncc(CCN(CCNC=O)Cc4ccc(F)cc4)cc3CCCNC(=O)CCOCCOCCOCCOCCNC(=O)CCCCC3SCC4NC(=O)NC43)CC2)cc1.NC=O. The Hall–Kier alpha value is -5.73. The van der Waals surface area contributed by atoms with Crippen LogP contribution in [0.2, 0.25) is 0 Å². The van der Waals surface area contributed by atoms with Crippen LogP contribution in [0.25, 0.3) is 0 Å². The first kappa shape index (κ1) is 63.8. The number of aromatic nitrogens is 1. The van der Waals surface area contributed by atoms with Crippen molar-refractivity contribution >= 4 is 42.4 Å². The number of carbonyl (C=O) groups is 5. The third-order valence-corrected chi connectivity index (χ3v) is 14.9. The third kappa shape index (κ3) is 25.1. The van der Waals surface area contributed by atoms with E-state index in [0.717, 1.165) is 100 Å². The van der Waals surface area contributed by atoms with E-state index in [1.807, 2.05) is 42.2 Å². The van der Waals surface area contributed by atoms with Gasteiger partial charge in [0.15, 0.2) is 0 Å². The number of urea groups is 1. The predicted molar refractivity (Wildman–Crippen MR) is 295 cm³/mol. The van der Waals surface area contributed by atoms with Gasteiger partial charge in [0.25, 0.3) is 0 Å². The van der Waals surface area contributed by atoms with E-state index >= 15 is 0 Å². The van der Waals surface area contributed by atoms with Crippen LogP contribution in [0.15, 0.2) is 60.8 Å². The molecule has 3 aliphatic rings. The van der Waals surface area contributed by atoms with E-state index < -0.39 is 0 Å². The van der Waals surface area contributed by atoms with Crippen LogP contribution in [0.5, 0.6) is 0 Å². The van der Waals surface area contributed by atoms with Crippen LogP contribution in [0.1, 0.15) is 98.2 Å². The summed E-state index contributed by atoms with van der Waals surface area (Å²) in [6.45, 7) is 9.45. The van der Waals surface area contributed by atoms with Gasteiger partial charge in [-0.25, -0.2) is 9.18 Å². The van der Waals surface area contributed by atoms with Crippen molar-refractivity contribution in [1.29, 1.82) is 5.26 Å². The Morgan fingerprint density at radius 1 is 0.818 bits per heavy atom. The number of aryl methyl sites for hydroxylation is 1. The number of nitrogens with two attached hydrogens (primary N) is 1. The molecule has 0 aliphatic carbocycles. The van der Waals surface area contributed by atoms with Crippen LogP contribution in [0.3, 0.4) is 0 Å². The lowest BCUT2D eigenvalue weighted by Crippen LogP contribution is -2.36. The lowest BCUT2D eigenvalue weighted by Gasteiger charge is -2.32. The average molecular weight is 1090 g/mol. The van der Waals surface area contributed by atoms with Gasteiger partial charge in [-0.2, -0.15) is 17.0 Å². The number of ether oxygens (including phenoxy) is 4. The van der Waals surface area contributed by atoms with Crippen LogP contribution < -0.4 is 32.3 Å². The number of carbonyl (C=O) groups excluding carboxylic acids is 5. The number of halogens is 1. The summed E-state index contributed by atoms with van der Waals surface area (Å²) in [5.41, 5.74) is 10.5. The maximum atomic E-state index is 13.6. The largest absolute Gasteiger partial charge is 0.379 e. The molecule has 2 aromatic carbocycles. The first-order chi connectivity index (χ1) is 37.2. The molecule has 0 saturated carbocycles. The maximum Gasteiger partial charge on any atom is 0.315 e. The van der Waals surface area contributed by atoms with Gasteiger partial charge in [-0.15, -0.1) is 0 Å². The number of likely N-dealkylation sites (tertiary alicyclic amines) is 1. The molecule has 19 nitrogen and oxygen atoms in total. The van der Waals surface area contributed by atoms with Gasteiger partial charge in [0, 0.05) is 87.5 Å². The summed E-state index contributed by atoms with van der Waals surface area (Å²) in [5, 5.41) is 24.3. The molecule has 7 N–H and O–H groups in total. The number of nitrogens with one attached hydrogen (secondary N) is 5. The average Bonchev–Trinajstić information content (AvgIpc) is 3.99. The van der Waals surface area contributed by atoms with Crippen molar-refractivity contribution in [3.05, 3.63) is 100 Å². The Kier molecular flexibility index (Phi) is 31.4. The summed E-state index contributed by atoms with van der Waals surface area (Å²) in [6.07, 6.45) is 10.8. The number of amides is 6. The molecule has 0 radical (unpaired) electrons. The highest BCUT2D eigenvalue weighted by molar-refractivity contribution is 8.00. The van der Waals surface area contributed by atoms with Crippen molar-refractivity contribution in [3.8, 4) is 6.07 Å². The molecule has 0 bridgehead atoms. The van der Waals surface area contributed by atoms with Crippen molar-refractivity contribution in [2.75, 3.05) is 104 Å².